The topological polar surface area (TPSA) is 964 Å². The van der Waals surface area contributed by atoms with Crippen LogP contribution in [0.25, 0.3) is 0 Å². The van der Waals surface area contributed by atoms with Gasteiger partial charge in [0.15, 0.2) is 69.2 Å². The minimum atomic E-state index is -2.81. The lowest BCUT2D eigenvalue weighted by atomic mass is 9.93. The van der Waals surface area contributed by atoms with E-state index in [9.17, 15) is 177 Å². The van der Waals surface area contributed by atoms with E-state index in [1.807, 2.05) is 0 Å². The van der Waals surface area contributed by atoms with E-state index in [4.69, 9.17) is 99.5 Å². The van der Waals surface area contributed by atoms with Crippen molar-refractivity contribution in [2.24, 2.45) is 0 Å². The molecule has 0 aromatic rings. The average Bonchev–Trinajstić information content (AvgIpc) is 0.773. The first-order valence-corrected chi connectivity index (χ1v) is 45.6. The van der Waals surface area contributed by atoms with E-state index in [1.165, 1.54) is 0 Å². The third-order valence-corrected chi connectivity index (χ3v) is 25.8. The largest absolute Gasteiger partial charge is 0.394 e. The van der Waals surface area contributed by atoms with Crippen molar-refractivity contribution in [3.63, 3.8) is 0 Å². The van der Waals surface area contributed by atoms with Crippen LogP contribution in [-0.2, 0) is 133 Å². The first kappa shape index (κ1) is 118. The molecule has 0 saturated carbocycles. The summed E-state index contributed by atoms with van der Waals surface area (Å²) < 4.78 is 129. The van der Waals surface area contributed by atoms with Gasteiger partial charge >= 0.3 is 0 Å². The van der Waals surface area contributed by atoms with E-state index in [1.54, 1.807) is 0 Å². The minimum Gasteiger partial charge on any atom is -0.394 e. The number of carbonyl (C=O) groups is 7. The summed E-state index contributed by atoms with van der Waals surface area (Å²) in [5.41, 5.74) is 0. The van der Waals surface area contributed by atoms with Crippen molar-refractivity contribution in [3.8, 4) is 0 Å². The molecule has 7 amide bonds. The molecule has 63 heteroatoms. The van der Waals surface area contributed by atoms with Crippen LogP contribution >= 0.6 is 0 Å². The van der Waals surface area contributed by atoms with Gasteiger partial charge in [0, 0.05) is 48.5 Å². The molecule has 11 rings (SSSR count). The molecule has 0 aromatic heterocycles. The normalized spacial score (nSPS) is 47.3. The monoisotopic (exact) mass is 2090 g/mol. The fourth-order valence-corrected chi connectivity index (χ4v) is 18.5. The molecule has 11 aliphatic heterocycles. The molecule has 0 aromatic carbocycles. The summed E-state index contributed by atoms with van der Waals surface area (Å²) in [6.07, 6.45) is -107. The quantitative estimate of drug-likeness (QED) is 0.0273. The van der Waals surface area contributed by atoms with Gasteiger partial charge in [-0.1, -0.05) is 0 Å². The number of aliphatic hydroxyl groups is 28. The third-order valence-electron chi connectivity index (χ3n) is 25.8. The minimum absolute atomic E-state index is 0.844. The first-order valence-electron chi connectivity index (χ1n) is 45.6. The van der Waals surface area contributed by atoms with Gasteiger partial charge in [0.05, 0.1) is 72.7 Å². The van der Waals surface area contributed by atoms with E-state index in [2.05, 4.69) is 37.2 Å². The van der Waals surface area contributed by atoms with Crippen LogP contribution in [0.15, 0.2) is 0 Å². The fourth-order valence-electron chi connectivity index (χ4n) is 18.5. The Bertz CT molecular complexity index is 4050. The van der Waals surface area contributed by atoms with Crippen LogP contribution < -0.4 is 37.2 Å². The van der Waals surface area contributed by atoms with Gasteiger partial charge in [-0.05, 0) is 0 Å². The summed E-state index contributed by atoms with van der Waals surface area (Å²) in [5.74, 6) is -6.74. The highest BCUT2D eigenvalue weighted by molar-refractivity contribution is 5.75. The fraction of sp³-hybridized carbons (Fsp3) is 0.912. The third kappa shape index (κ3) is 26.9. The second-order valence-corrected chi connectivity index (χ2v) is 36.0. The lowest BCUT2D eigenvalue weighted by molar-refractivity contribution is -0.406. The Balaban J connectivity index is 1.05. The molecule has 11 heterocycles. The Morgan fingerprint density at radius 2 is 0.399 bits per heavy atom. The van der Waals surface area contributed by atoms with Crippen molar-refractivity contribution in [2.45, 2.75) is 386 Å². The van der Waals surface area contributed by atoms with Crippen LogP contribution in [0.1, 0.15) is 48.5 Å². The van der Waals surface area contributed by atoms with Crippen molar-refractivity contribution < 1.29 is 276 Å². The van der Waals surface area contributed by atoms with Crippen LogP contribution in [0, 0.1) is 0 Å². The summed E-state index contributed by atoms with van der Waals surface area (Å²) in [6.45, 7) is -6.71. The van der Waals surface area contributed by atoms with Gasteiger partial charge in [-0.25, -0.2) is 0 Å². The Morgan fingerprint density at radius 1 is 0.182 bits per heavy atom. The molecule has 0 aliphatic carbocycles. The Labute approximate surface area is 810 Å². The molecule has 55 atom stereocenters. The first-order chi connectivity index (χ1) is 67.6. The number of hydrogen-bond acceptors (Lipinski definition) is 56. The molecule has 63 nitrogen and oxygen atoms in total. The van der Waals surface area contributed by atoms with Crippen molar-refractivity contribution in [3.05, 3.63) is 0 Å². The van der Waals surface area contributed by atoms with Gasteiger partial charge in [0.25, 0.3) is 0 Å². The van der Waals surface area contributed by atoms with E-state index in [0.717, 1.165) is 48.5 Å². The molecule has 0 bridgehead atoms. The van der Waals surface area contributed by atoms with Crippen LogP contribution in [0.2, 0.25) is 0 Å². The zero-order valence-electron chi connectivity index (χ0n) is 77.5. The molecule has 143 heavy (non-hydrogen) atoms. The maximum Gasteiger partial charge on any atom is 0.217 e. The number of hydrogen-bond donors (Lipinski definition) is 35. The van der Waals surface area contributed by atoms with E-state index >= 15 is 0 Å². The Kier molecular flexibility index (Phi) is 42.7. The highest BCUT2D eigenvalue weighted by Gasteiger charge is 2.64. The highest BCUT2D eigenvalue weighted by atomic mass is 16.8. The molecule has 0 unspecified atom stereocenters. The van der Waals surface area contributed by atoms with Crippen LogP contribution in [0.4, 0.5) is 0 Å². The molecular weight excluding hydrogens is 1950 g/mol. The summed E-state index contributed by atoms with van der Waals surface area (Å²) in [4.78, 5) is 90.9. The van der Waals surface area contributed by atoms with Crippen LogP contribution in [0.5, 0.6) is 0 Å². The highest BCUT2D eigenvalue weighted by Crippen LogP contribution is 2.43. The average molecular weight is 2090 g/mol. The number of nitrogens with one attached hydrogen (secondary N) is 7. The Morgan fingerprint density at radius 3 is 0.748 bits per heavy atom. The maximum absolute atomic E-state index is 13.4. The SMILES string of the molecule is CC(=O)N[C@@H]1[C@@H](O)[C@H](O[C@@H]2O[C@H](CO)[C@@H](O[C@@H]3O[C@H](CO[C@H]4O[C@H](CO[C@@H]5O[C@H](CO)[C@@H](O)[C@H](O)[C@H]5NC(C)=O)[C@@H](O[C@@H]5O[C@H](CO)[C@@H](O)[C@H](O)[C@H]5NC(C)=O)[C@H](O)[C@@H]4O[C@@H]4O[C@H](CO)[C@@H](O)[C@H](O)[C@H]4NC(C)=O)[C@@H](O)[C@H](O[C@H]4O[C@H](CO)[C@@H](O[C@@H]5O[C@H](CO)[C@@H](O)[C@H](O)[C@H]5NC(C)=O)[C@H](O)[C@@H]4O[C@@H]4O[C@H](CO)[C@@H](O[C@@H]5O[C@H](CO)[C@H](O)[C@H](O)[C@H]5O)[C@H](O)[C@H]4NC(C)=O)[C@@H]3O)[C@H](O)[C@H]2NC(C)=O)[C@@H](CO)O[C@H]1O. The maximum atomic E-state index is 13.4. The van der Waals surface area contributed by atoms with Gasteiger partial charge in [-0.2, -0.15) is 0 Å². The number of aliphatic hydroxyl groups excluding tert-OH is 28. The van der Waals surface area contributed by atoms with Gasteiger partial charge < -0.3 is 280 Å². The predicted octanol–water partition coefficient (Wildman–Crippen LogP) is -24.0. The number of amides is 7. The van der Waals surface area contributed by atoms with Crippen LogP contribution in [0.3, 0.4) is 0 Å². The van der Waals surface area contributed by atoms with E-state index < -0.39 is 451 Å². The van der Waals surface area contributed by atoms with Crippen LogP contribution in [-0.4, -0.2) is 594 Å². The van der Waals surface area contributed by atoms with E-state index in [-0.39, 0.29) is 0 Å². The molecule has 0 radical (unpaired) electrons. The molecular formula is C80H133N7O56. The van der Waals surface area contributed by atoms with Crippen molar-refractivity contribution >= 4 is 41.4 Å². The molecule has 0 spiro atoms. The standard InChI is InChI=1S/C80H133N7O56/c1-19(97)81-37-54(114)62(31(13-93)125-70(37)122)136-75-42(86-24(6)102)55(115)64(33(15-95)131-75)140-78-61(121)67(141-80-69(59(119)65(34(16-96)133-80)137-72-39(83-21(3)99)51(111)45(105)27(9-89)127-72)143-76-43(87-25(7)103)56(116)63(32(14-94)132-76)139-77-58(118)57(117)48(108)30(12-92)130-77)49(109)35(134-78)17-124-79-68(142-74-41(85-23(5)101)53(113)47(107)29(11-91)129-74)60(120)66(138-73-40(84-22(4)100)52(112)46(106)28(10-90)128-73)36(135-79)18-123-71-38(82-20(2)98)50(110)44(104)26(8-88)126-71/h26-80,88-96,104-122H,8-18H2,1-7H3,(H,81,97)(H,82,98)(H,83,99)(H,84,100)(H,85,101)(H,86,102)(H,87,103)/t26-,27-,28-,29-,30-,31-,32-,33-,34-,35-,36-,37-,38-,39-,40-,41-,42-,43-,44-,45-,46-,47-,48+,49-,50-,51-,52-,53-,54-,55-,56-,57+,58-,59+,60+,61+,62-,63-,64-,65-,66-,67+,68+,69+,70-,71-,72+,73+,74+,75+,76+,77+,78+,79+,80-/m1/s1. The zero-order chi connectivity index (χ0) is 105. The molecule has 11 aliphatic rings. The lowest BCUT2D eigenvalue weighted by Crippen LogP contribution is -2.71. The summed E-state index contributed by atoms with van der Waals surface area (Å²) in [5, 5.41) is 337. The second kappa shape index (κ2) is 51.9. The molecule has 11 fully saturated rings. The smallest absolute Gasteiger partial charge is 0.217 e. The predicted molar refractivity (Wildman–Crippen MR) is 444 cm³/mol. The molecule has 824 valence electrons. The zero-order valence-corrected chi connectivity index (χ0v) is 77.5. The second-order valence-electron chi connectivity index (χ2n) is 36.0. The Hall–Kier alpha value is -5.67. The summed E-state index contributed by atoms with van der Waals surface area (Å²) in [7, 11) is 0. The van der Waals surface area contributed by atoms with Gasteiger partial charge in [-0.15, -0.1) is 0 Å². The van der Waals surface area contributed by atoms with Gasteiger partial charge in [0.1, 0.15) is 268 Å². The number of ether oxygens (including phenoxy) is 21. The van der Waals surface area contributed by atoms with Crippen molar-refractivity contribution in [1.82, 2.24) is 37.2 Å². The lowest BCUT2D eigenvalue weighted by Gasteiger charge is -2.52. The van der Waals surface area contributed by atoms with Crippen molar-refractivity contribution in [2.75, 3.05) is 72.7 Å². The van der Waals surface area contributed by atoms with Gasteiger partial charge in [-0.3, -0.25) is 33.6 Å². The number of carbonyl (C=O) groups excluding carboxylic acids is 7. The van der Waals surface area contributed by atoms with E-state index in [0.29, 0.717) is 0 Å². The van der Waals surface area contributed by atoms with Gasteiger partial charge in [0.2, 0.25) is 41.4 Å². The summed E-state index contributed by atoms with van der Waals surface area (Å²) >= 11 is 0. The summed E-state index contributed by atoms with van der Waals surface area (Å²) in [6, 6.07) is -13.6. The molecule has 35 N–H and O–H groups in total. The number of rotatable bonds is 38. The van der Waals surface area contributed by atoms with Crippen molar-refractivity contribution in [1.29, 1.82) is 0 Å². The molecule has 11 saturated heterocycles.